The molecule has 0 aromatic carbocycles. The molecule has 0 aliphatic carbocycles. The lowest BCUT2D eigenvalue weighted by Crippen LogP contribution is -2.10. The third-order valence-corrected chi connectivity index (χ3v) is 2.79. The van der Waals surface area contributed by atoms with Gasteiger partial charge in [0.2, 0.25) is 11.9 Å². The lowest BCUT2D eigenvalue weighted by molar-refractivity contribution is 0.880. The van der Waals surface area contributed by atoms with E-state index >= 15 is 0 Å². The first-order chi connectivity index (χ1) is 10.4. The number of hydrogen-bond acceptors (Lipinski definition) is 6. The molecule has 0 radical (unpaired) electrons. The first-order valence-corrected chi connectivity index (χ1v) is 6.76. The predicted molar refractivity (Wildman–Crippen MR) is 79.0 cm³/mol. The Kier molecular flexibility index (Phi) is 3.81. The normalized spacial score (nSPS) is 10.5. The number of rotatable bonds is 5. The first-order valence-electron chi connectivity index (χ1n) is 6.76. The number of hydrogen-bond donors (Lipinski definition) is 1. The van der Waals surface area contributed by atoms with E-state index in [1.165, 1.54) is 0 Å². The standard InChI is InChI=1S/C14H15N7/c1-2-6-17-13-18-12(11-5-3-4-7-16-11)19-14(20-13)21-9-8-15-10-21/h3-5,7-10H,2,6H2,1H3,(H,17,18,19,20). The molecule has 3 aromatic rings. The molecule has 106 valence electrons. The summed E-state index contributed by atoms with van der Waals surface area (Å²) in [4.78, 5) is 21.6. The Labute approximate surface area is 122 Å². The van der Waals surface area contributed by atoms with Gasteiger partial charge in [0.05, 0.1) is 0 Å². The molecule has 3 heterocycles. The third kappa shape index (κ3) is 3.02. The number of imidazole rings is 1. The lowest BCUT2D eigenvalue weighted by Gasteiger charge is -2.08. The van der Waals surface area contributed by atoms with E-state index < -0.39 is 0 Å². The second-order valence-electron chi connectivity index (χ2n) is 4.39. The van der Waals surface area contributed by atoms with Crippen LogP contribution in [0.1, 0.15) is 13.3 Å². The average molecular weight is 281 g/mol. The van der Waals surface area contributed by atoms with Crippen LogP contribution in [0.15, 0.2) is 43.1 Å². The molecule has 0 aliphatic heterocycles. The average Bonchev–Trinajstić information content (AvgIpc) is 3.08. The summed E-state index contributed by atoms with van der Waals surface area (Å²) in [6.45, 7) is 2.89. The fourth-order valence-electron chi connectivity index (χ4n) is 1.78. The van der Waals surface area contributed by atoms with Crippen molar-refractivity contribution < 1.29 is 0 Å². The molecule has 7 nitrogen and oxygen atoms in total. The van der Waals surface area contributed by atoms with Crippen molar-refractivity contribution in [2.24, 2.45) is 0 Å². The fourth-order valence-corrected chi connectivity index (χ4v) is 1.78. The number of aromatic nitrogens is 6. The molecule has 1 N–H and O–H groups in total. The minimum absolute atomic E-state index is 0.516. The van der Waals surface area contributed by atoms with Gasteiger partial charge in [0.15, 0.2) is 5.82 Å². The van der Waals surface area contributed by atoms with Crippen molar-refractivity contribution in [1.29, 1.82) is 0 Å². The topological polar surface area (TPSA) is 81.4 Å². The molecule has 7 heteroatoms. The lowest BCUT2D eigenvalue weighted by atomic mass is 10.3. The summed E-state index contributed by atoms with van der Waals surface area (Å²) in [7, 11) is 0. The Balaban J connectivity index is 2.05. The molecule has 0 atom stereocenters. The van der Waals surface area contributed by atoms with Crippen LogP contribution in [-0.4, -0.2) is 36.0 Å². The maximum atomic E-state index is 4.45. The van der Waals surface area contributed by atoms with Gasteiger partial charge >= 0.3 is 0 Å². The highest BCUT2D eigenvalue weighted by molar-refractivity contribution is 5.51. The fraction of sp³-hybridized carbons (Fsp3) is 0.214. The van der Waals surface area contributed by atoms with E-state index in [0.717, 1.165) is 13.0 Å². The van der Waals surface area contributed by atoms with Gasteiger partial charge in [0.25, 0.3) is 0 Å². The van der Waals surface area contributed by atoms with Crippen LogP contribution >= 0.6 is 0 Å². The van der Waals surface area contributed by atoms with Crippen molar-refractivity contribution >= 4 is 5.95 Å². The summed E-state index contributed by atoms with van der Waals surface area (Å²) in [5.74, 6) is 1.59. The summed E-state index contributed by atoms with van der Waals surface area (Å²) < 4.78 is 1.74. The van der Waals surface area contributed by atoms with Crippen LogP contribution in [0.2, 0.25) is 0 Å². The third-order valence-electron chi connectivity index (χ3n) is 2.79. The first kappa shape index (κ1) is 13.2. The molecule has 0 spiro atoms. The van der Waals surface area contributed by atoms with Crippen LogP contribution in [0.3, 0.4) is 0 Å². The van der Waals surface area contributed by atoms with Crippen LogP contribution < -0.4 is 5.32 Å². The summed E-state index contributed by atoms with van der Waals surface area (Å²) in [5, 5.41) is 3.18. The van der Waals surface area contributed by atoms with Gasteiger partial charge in [-0.2, -0.15) is 15.0 Å². The van der Waals surface area contributed by atoms with Crippen molar-refractivity contribution in [1.82, 2.24) is 29.5 Å². The van der Waals surface area contributed by atoms with Gasteiger partial charge in [-0.1, -0.05) is 13.0 Å². The predicted octanol–water partition coefficient (Wildman–Crippen LogP) is 1.94. The van der Waals surface area contributed by atoms with E-state index in [-0.39, 0.29) is 0 Å². The Morgan fingerprint density at radius 3 is 2.81 bits per heavy atom. The summed E-state index contributed by atoms with van der Waals surface area (Å²) >= 11 is 0. The van der Waals surface area contributed by atoms with Crippen LogP contribution in [0, 0.1) is 0 Å². The Morgan fingerprint density at radius 2 is 2.10 bits per heavy atom. The van der Waals surface area contributed by atoms with Gasteiger partial charge in [-0.15, -0.1) is 0 Å². The van der Waals surface area contributed by atoms with E-state index in [0.29, 0.717) is 23.4 Å². The van der Waals surface area contributed by atoms with Crippen molar-refractivity contribution in [2.75, 3.05) is 11.9 Å². The molecule has 0 saturated carbocycles. The van der Waals surface area contributed by atoms with Crippen molar-refractivity contribution in [3.63, 3.8) is 0 Å². The summed E-state index contributed by atoms with van der Waals surface area (Å²) in [6.07, 6.45) is 7.84. The zero-order valence-electron chi connectivity index (χ0n) is 11.6. The molecule has 0 unspecified atom stereocenters. The monoisotopic (exact) mass is 281 g/mol. The maximum Gasteiger partial charge on any atom is 0.240 e. The molecule has 0 fully saturated rings. The molecule has 3 rings (SSSR count). The number of nitrogens with zero attached hydrogens (tertiary/aromatic N) is 6. The largest absolute Gasteiger partial charge is 0.354 e. The van der Waals surface area contributed by atoms with Gasteiger partial charge in [0, 0.05) is 25.1 Å². The highest BCUT2D eigenvalue weighted by Gasteiger charge is 2.10. The van der Waals surface area contributed by atoms with Crippen LogP contribution in [0.4, 0.5) is 5.95 Å². The van der Waals surface area contributed by atoms with Crippen molar-refractivity contribution in [2.45, 2.75) is 13.3 Å². The smallest absolute Gasteiger partial charge is 0.240 e. The molecule has 21 heavy (non-hydrogen) atoms. The zero-order chi connectivity index (χ0) is 14.5. The highest BCUT2D eigenvalue weighted by atomic mass is 15.2. The van der Waals surface area contributed by atoms with E-state index in [1.807, 2.05) is 18.2 Å². The molecule has 0 saturated heterocycles. The molecule has 0 bridgehead atoms. The minimum atomic E-state index is 0.516. The zero-order valence-corrected chi connectivity index (χ0v) is 11.6. The van der Waals surface area contributed by atoms with Crippen LogP contribution in [-0.2, 0) is 0 Å². The molecular formula is C14H15N7. The van der Waals surface area contributed by atoms with E-state index in [2.05, 4.69) is 37.2 Å². The number of anilines is 1. The van der Waals surface area contributed by atoms with Crippen molar-refractivity contribution in [3.8, 4) is 17.5 Å². The van der Waals surface area contributed by atoms with Gasteiger partial charge in [-0.25, -0.2) is 4.98 Å². The summed E-state index contributed by atoms with van der Waals surface area (Å²) in [6, 6.07) is 5.64. The van der Waals surface area contributed by atoms with Gasteiger partial charge in [0.1, 0.15) is 12.0 Å². The number of pyridine rings is 1. The highest BCUT2D eigenvalue weighted by Crippen LogP contribution is 2.14. The SMILES string of the molecule is CCCNc1nc(-c2ccccn2)nc(-n2ccnc2)n1. The van der Waals surface area contributed by atoms with Gasteiger partial charge in [-0.3, -0.25) is 9.55 Å². The number of nitrogens with one attached hydrogen (secondary N) is 1. The van der Waals surface area contributed by atoms with E-state index in [4.69, 9.17) is 0 Å². The van der Waals surface area contributed by atoms with Crippen LogP contribution in [0.25, 0.3) is 17.5 Å². The summed E-state index contributed by atoms with van der Waals surface area (Å²) in [5.41, 5.74) is 0.709. The second kappa shape index (κ2) is 6.08. The van der Waals surface area contributed by atoms with E-state index in [9.17, 15) is 0 Å². The maximum absolute atomic E-state index is 4.45. The molecule has 0 aliphatic rings. The Morgan fingerprint density at radius 1 is 1.14 bits per heavy atom. The quantitative estimate of drug-likeness (QED) is 0.769. The van der Waals surface area contributed by atoms with Crippen LogP contribution in [0.5, 0.6) is 0 Å². The second-order valence-corrected chi connectivity index (χ2v) is 4.39. The van der Waals surface area contributed by atoms with E-state index in [1.54, 1.807) is 29.5 Å². The Bertz CT molecular complexity index is 695. The Hall–Kier alpha value is -2.83. The molecule has 0 amide bonds. The molecule has 3 aromatic heterocycles. The van der Waals surface area contributed by atoms with Crippen molar-refractivity contribution in [3.05, 3.63) is 43.1 Å². The van der Waals surface area contributed by atoms with Gasteiger partial charge in [-0.05, 0) is 18.6 Å². The van der Waals surface area contributed by atoms with Gasteiger partial charge < -0.3 is 5.32 Å². The minimum Gasteiger partial charge on any atom is -0.354 e. The molecular weight excluding hydrogens is 266 g/mol.